The maximum Gasteiger partial charge on any atom is 0.354 e. The first-order valence-electron chi connectivity index (χ1n) is 7.79. The van der Waals surface area contributed by atoms with Crippen molar-refractivity contribution in [1.29, 1.82) is 0 Å². The number of nitrogens with one attached hydrogen (secondary N) is 1. The summed E-state index contributed by atoms with van der Waals surface area (Å²) in [5, 5.41) is 2.08. The second kappa shape index (κ2) is 8.29. The normalized spacial score (nSPS) is 10.5. The Morgan fingerprint density at radius 2 is 2.00 bits per heavy atom. The van der Waals surface area contributed by atoms with Gasteiger partial charge in [-0.2, -0.15) is 0 Å². The number of thiophene rings is 1. The minimum atomic E-state index is -0.442. The number of aromatic amines is 1. The quantitative estimate of drug-likeness (QED) is 0.192. The molecule has 0 aliphatic rings. The molecule has 0 spiro atoms. The SMILES string of the molecule is [C-]#[N+]c1c(I)[nH]c(C(=O)OCC)c1-c1ccc(-c2sccc2SC)cc1. The van der Waals surface area contributed by atoms with Crippen LogP contribution in [-0.4, -0.2) is 23.8 Å². The Labute approximate surface area is 173 Å². The third kappa shape index (κ3) is 3.54. The van der Waals surface area contributed by atoms with Gasteiger partial charge in [0.25, 0.3) is 0 Å². The van der Waals surface area contributed by atoms with E-state index in [9.17, 15) is 4.79 Å². The summed E-state index contributed by atoms with van der Waals surface area (Å²) >= 11 is 5.47. The van der Waals surface area contributed by atoms with E-state index in [-0.39, 0.29) is 6.61 Å². The molecular formula is C19H15IN2O2S2. The van der Waals surface area contributed by atoms with Gasteiger partial charge in [-0.3, -0.25) is 0 Å². The van der Waals surface area contributed by atoms with Crippen molar-refractivity contribution in [2.24, 2.45) is 0 Å². The molecule has 1 aromatic carbocycles. The van der Waals surface area contributed by atoms with E-state index in [0.29, 0.717) is 20.6 Å². The van der Waals surface area contributed by atoms with Crippen LogP contribution in [0.2, 0.25) is 0 Å². The molecule has 2 aromatic heterocycles. The number of carbonyl (C=O) groups excluding carboxylic acids is 1. The summed E-state index contributed by atoms with van der Waals surface area (Å²) in [6, 6.07) is 10.1. The predicted octanol–water partition coefficient (Wildman–Crippen LogP) is 6.46. The Balaban J connectivity index is 2.07. The highest BCUT2D eigenvalue weighted by Crippen LogP contribution is 2.40. The molecule has 0 bridgehead atoms. The second-order valence-electron chi connectivity index (χ2n) is 5.27. The molecule has 3 rings (SSSR count). The third-order valence-corrected chi connectivity index (χ3v) is 6.46. The van der Waals surface area contributed by atoms with Gasteiger partial charge in [-0.25, -0.2) is 9.64 Å². The van der Waals surface area contributed by atoms with Crippen LogP contribution in [0.4, 0.5) is 5.69 Å². The Morgan fingerprint density at radius 1 is 1.31 bits per heavy atom. The van der Waals surface area contributed by atoms with Crippen molar-refractivity contribution >= 4 is 57.3 Å². The number of hydrogen-bond acceptors (Lipinski definition) is 4. The number of H-pyrrole nitrogens is 1. The molecule has 26 heavy (non-hydrogen) atoms. The van der Waals surface area contributed by atoms with Crippen LogP contribution < -0.4 is 0 Å². The van der Waals surface area contributed by atoms with Gasteiger partial charge in [0.05, 0.1) is 16.9 Å². The monoisotopic (exact) mass is 494 g/mol. The first kappa shape index (κ1) is 19.0. The average molecular weight is 494 g/mol. The van der Waals surface area contributed by atoms with Crippen LogP contribution in [0.3, 0.4) is 0 Å². The molecule has 4 nitrogen and oxygen atoms in total. The molecule has 3 aromatic rings. The van der Waals surface area contributed by atoms with Crippen molar-refractivity contribution < 1.29 is 9.53 Å². The lowest BCUT2D eigenvalue weighted by Crippen LogP contribution is -2.06. The number of carbonyl (C=O) groups is 1. The van der Waals surface area contributed by atoms with Crippen LogP contribution in [0, 0.1) is 10.3 Å². The molecular weight excluding hydrogens is 479 g/mol. The molecule has 0 saturated carbocycles. The summed E-state index contributed by atoms with van der Waals surface area (Å²) < 4.78 is 5.78. The van der Waals surface area contributed by atoms with Crippen LogP contribution in [0.1, 0.15) is 17.4 Å². The van der Waals surface area contributed by atoms with Crippen molar-refractivity contribution in [3.05, 3.63) is 56.5 Å². The zero-order chi connectivity index (χ0) is 18.7. The molecule has 1 N–H and O–H groups in total. The molecule has 7 heteroatoms. The van der Waals surface area contributed by atoms with Crippen LogP contribution in [0.15, 0.2) is 40.6 Å². The van der Waals surface area contributed by atoms with Crippen molar-refractivity contribution in [1.82, 2.24) is 4.98 Å². The van der Waals surface area contributed by atoms with Crippen molar-refractivity contribution in [3.63, 3.8) is 0 Å². The number of thioether (sulfide) groups is 1. The maximum atomic E-state index is 12.3. The summed E-state index contributed by atoms with van der Waals surface area (Å²) in [5.41, 5.74) is 3.33. The van der Waals surface area contributed by atoms with Gasteiger partial charge in [0.1, 0.15) is 5.69 Å². The Hall–Kier alpha value is -1.76. The zero-order valence-corrected chi connectivity index (χ0v) is 17.9. The highest BCUT2D eigenvalue weighted by atomic mass is 127. The Bertz CT molecular complexity index is 984. The second-order valence-corrected chi connectivity index (χ2v) is 8.11. The van der Waals surface area contributed by atoms with E-state index < -0.39 is 5.97 Å². The van der Waals surface area contributed by atoms with Crippen molar-refractivity contribution in [2.75, 3.05) is 12.9 Å². The minimum Gasteiger partial charge on any atom is -0.461 e. The fourth-order valence-corrected chi connectivity index (χ4v) is 5.10. The average Bonchev–Trinajstić information content (AvgIpc) is 3.25. The number of nitrogens with zero attached hydrogens (tertiary/aromatic N) is 1. The first-order chi connectivity index (χ1) is 12.6. The smallest absolute Gasteiger partial charge is 0.354 e. The number of ether oxygens (including phenoxy) is 1. The number of esters is 1. The van der Waals surface area contributed by atoms with E-state index in [0.717, 1.165) is 11.1 Å². The highest BCUT2D eigenvalue weighted by molar-refractivity contribution is 14.1. The first-order valence-corrected chi connectivity index (χ1v) is 11.0. The largest absolute Gasteiger partial charge is 0.461 e. The standard InChI is InChI=1S/C19H15IN2O2S2/c1-4-24-19(23)16-14(15(21-2)18(20)22-16)11-5-7-12(8-6-11)17-13(25-3)9-10-26-17/h5-10,22H,4H2,1,3H3. The number of hydrogen-bond donors (Lipinski definition) is 1. The number of benzene rings is 1. The van der Waals surface area contributed by atoms with Gasteiger partial charge in [0.2, 0.25) is 5.69 Å². The van der Waals surface area contributed by atoms with E-state index >= 15 is 0 Å². The van der Waals surface area contributed by atoms with E-state index in [4.69, 9.17) is 11.3 Å². The highest BCUT2D eigenvalue weighted by Gasteiger charge is 2.23. The van der Waals surface area contributed by atoms with Crippen LogP contribution in [-0.2, 0) is 4.74 Å². The number of rotatable bonds is 5. The van der Waals surface area contributed by atoms with Gasteiger partial charge in [-0.05, 0) is 58.3 Å². The van der Waals surface area contributed by atoms with Gasteiger partial charge in [0, 0.05) is 15.3 Å². The summed E-state index contributed by atoms with van der Waals surface area (Å²) in [5.74, 6) is -0.442. The predicted molar refractivity (Wildman–Crippen MR) is 116 cm³/mol. The topological polar surface area (TPSA) is 46.5 Å². The minimum absolute atomic E-state index is 0.288. The molecule has 0 atom stereocenters. The summed E-state index contributed by atoms with van der Waals surface area (Å²) in [6.45, 7) is 9.54. The van der Waals surface area contributed by atoms with Gasteiger partial charge >= 0.3 is 5.97 Å². The van der Waals surface area contributed by atoms with Gasteiger partial charge in [-0.1, -0.05) is 24.3 Å². The lowest BCUT2D eigenvalue weighted by molar-refractivity contribution is 0.0521. The summed E-state index contributed by atoms with van der Waals surface area (Å²) in [4.78, 5) is 21.4. The lowest BCUT2D eigenvalue weighted by Gasteiger charge is -2.07. The summed E-state index contributed by atoms with van der Waals surface area (Å²) in [7, 11) is 0. The van der Waals surface area contributed by atoms with Crippen LogP contribution in [0.25, 0.3) is 26.4 Å². The lowest BCUT2D eigenvalue weighted by atomic mass is 10.0. The molecule has 2 heterocycles. The maximum absolute atomic E-state index is 12.3. The van der Waals surface area contributed by atoms with E-state index in [1.54, 1.807) is 30.0 Å². The van der Waals surface area contributed by atoms with E-state index in [1.807, 2.05) is 46.9 Å². The van der Waals surface area contributed by atoms with Gasteiger partial charge < -0.3 is 9.72 Å². The van der Waals surface area contributed by atoms with Crippen molar-refractivity contribution in [2.45, 2.75) is 11.8 Å². The molecule has 132 valence electrons. The fourth-order valence-electron chi connectivity index (χ4n) is 2.66. The molecule has 0 aliphatic carbocycles. The van der Waals surface area contributed by atoms with Crippen molar-refractivity contribution in [3.8, 4) is 21.6 Å². The summed E-state index contributed by atoms with van der Waals surface area (Å²) in [6.07, 6.45) is 2.06. The van der Waals surface area contributed by atoms with Gasteiger partial charge in [-0.15, -0.1) is 23.1 Å². The van der Waals surface area contributed by atoms with Crippen LogP contribution >= 0.6 is 45.7 Å². The third-order valence-electron chi connectivity index (χ3n) is 3.81. The zero-order valence-electron chi connectivity index (χ0n) is 14.1. The van der Waals surface area contributed by atoms with Gasteiger partial charge in [0.15, 0.2) is 0 Å². The number of halogens is 1. The molecule has 0 radical (unpaired) electrons. The molecule has 0 fully saturated rings. The van der Waals surface area contributed by atoms with E-state index in [2.05, 4.69) is 27.5 Å². The molecule has 0 aliphatic heterocycles. The fraction of sp³-hybridized carbons (Fsp3) is 0.158. The number of aromatic nitrogens is 1. The van der Waals surface area contributed by atoms with Crippen LogP contribution in [0.5, 0.6) is 0 Å². The molecule has 0 saturated heterocycles. The molecule has 0 unspecified atom stereocenters. The Morgan fingerprint density at radius 3 is 2.62 bits per heavy atom. The Kier molecular flexibility index (Phi) is 6.06. The van der Waals surface area contributed by atoms with E-state index in [1.165, 1.54) is 9.77 Å². The molecule has 0 amide bonds.